The summed E-state index contributed by atoms with van der Waals surface area (Å²) in [6.45, 7) is 2.11. The number of hydrogen-bond acceptors (Lipinski definition) is 3. The van der Waals surface area contributed by atoms with E-state index in [1.165, 1.54) is 7.11 Å². The van der Waals surface area contributed by atoms with Crippen molar-refractivity contribution in [1.29, 1.82) is 0 Å². The highest BCUT2D eigenvalue weighted by molar-refractivity contribution is 5.77. The zero-order valence-electron chi connectivity index (χ0n) is 9.56. The number of rotatable bonds is 5. The van der Waals surface area contributed by atoms with Crippen molar-refractivity contribution < 1.29 is 9.53 Å². The molecule has 0 saturated heterocycles. The SMILES string of the molecule is CCCCC(C(=O)OC)c1ccnn1C. The molecule has 0 bridgehead atoms. The largest absolute Gasteiger partial charge is 0.469 e. The van der Waals surface area contributed by atoms with Crippen LogP contribution in [0.5, 0.6) is 0 Å². The number of aromatic nitrogens is 2. The molecule has 4 nitrogen and oxygen atoms in total. The molecule has 0 saturated carbocycles. The predicted molar refractivity (Wildman–Crippen MR) is 57.5 cm³/mol. The summed E-state index contributed by atoms with van der Waals surface area (Å²) in [5.41, 5.74) is 0.926. The van der Waals surface area contributed by atoms with Gasteiger partial charge in [0.05, 0.1) is 18.7 Å². The second-order valence-corrected chi connectivity index (χ2v) is 3.60. The van der Waals surface area contributed by atoms with Gasteiger partial charge >= 0.3 is 5.97 Å². The normalized spacial score (nSPS) is 12.5. The summed E-state index contributed by atoms with van der Waals surface area (Å²) in [4.78, 5) is 11.6. The van der Waals surface area contributed by atoms with E-state index in [1.54, 1.807) is 10.9 Å². The van der Waals surface area contributed by atoms with Crippen molar-refractivity contribution in [3.63, 3.8) is 0 Å². The molecule has 84 valence electrons. The number of carbonyl (C=O) groups is 1. The molecule has 1 unspecified atom stereocenters. The van der Waals surface area contributed by atoms with Crippen molar-refractivity contribution in [1.82, 2.24) is 9.78 Å². The van der Waals surface area contributed by atoms with Gasteiger partial charge in [0.15, 0.2) is 0 Å². The monoisotopic (exact) mass is 210 g/mol. The van der Waals surface area contributed by atoms with Gasteiger partial charge in [-0.2, -0.15) is 5.10 Å². The van der Waals surface area contributed by atoms with Crippen LogP contribution in [0, 0.1) is 0 Å². The van der Waals surface area contributed by atoms with Crippen LogP contribution in [0.3, 0.4) is 0 Å². The van der Waals surface area contributed by atoms with Crippen molar-refractivity contribution in [2.75, 3.05) is 7.11 Å². The average molecular weight is 210 g/mol. The number of ether oxygens (including phenoxy) is 1. The van der Waals surface area contributed by atoms with E-state index in [2.05, 4.69) is 12.0 Å². The highest BCUT2D eigenvalue weighted by Gasteiger charge is 2.23. The minimum atomic E-state index is -0.178. The van der Waals surface area contributed by atoms with Crippen LogP contribution < -0.4 is 0 Å². The summed E-state index contributed by atoms with van der Waals surface area (Å²) in [6, 6.07) is 1.87. The second kappa shape index (κ2) is 5.53. The Labute approximate surface area is 90.2 Å². The molecule has 1 aromatic heterocycles. The van der Waals surface area contributed by atoms with Crippen molar-refractivity contribution in [3.8, 4) is 0 Å². The Balaban J connectivity index is 2.81. The first kappa shape index (κ1) is 11.8. The fraction of sp³-hybridized carbons (Fsp3) is 0.636. The molecule has 0 fully saturated rings. The summed E-state index contributed by atoms with van der Waals surface area (Å²) < 4.78 is 6.54. The Kier molecular flexibility index (Phi) is 4.34. The number of unbranched alkanes of at least 4 members (excludes halogenated alkanes) is 1. The Morgan fingerprint density at radius 1 is 1.67 bits per heavy atom. The highest BCUT2D eigenvalue weighted by Crippen LogP contribution is 2.22. The number of carbonyl (C=O) groups excluding carboxylic acids is 1. The lowest BCUT2D eigenvalue weighted by Gasteiger charge is -2.14. The molecule has 0 amide bonds. The predicted octanol–water partition coefficient (Wildman–Crippen LogP) is 1.87. The van der Waals surface area contributed by atoms with Crippen molar-refractivity contribution in [3.05, 3.63) is 18.0 Å². The van der Waals surface area contributed by atoms with Gasteiger partial charge in [-0.1, -0.05) is 19.8 Å². The van der Waals surface area contributed by atoms with E-state index in [0.717, 1.165) is 25.0 Å². The van der Waals surface area contributed by atoms with Crippen LogP contribution >= 0.6 is 0 Å². The summed E-state index contributed by atoms with van der Waals surface area (Å²) in [5, 5.41) is 4.07. The summed E-state index contributed by atoms with van der Waals surface area (Å²) in [7, 11) is 3.27. The lowest BCUT2D eigenvalue weighted by atomic mass is 9.98. The molecule has 4 heteroatoms. The summed E-state index contributed by atoms with van der Waals surface area (Å²) in [6.07, 6.45) is 4.62. The minimum Gasteiger partial charge on any atom is -0.469 e. The van der Waals surface area contributed by atoms with Crippen LogP contribution in [-0.4, -0.2) is 22.9 Å². The Bertz CT molecular complexity index is 320. The van der Waals surface area contributed by atoms with Gasteiger partial charge in [0.2, 0.25) is 0 Å². The molecule has 0 spiro atoms. The second-order valence-electron chi connectivity index (χ2n) is 3.60. The first-order valence-corrected chi connectivity index (χ1v) is 5.26. The van der Waals surface area contributed by atoms with Gasteiger partial charge in [-0.3, -0.25) is 9.48 Å². The van der Waals surface area contributed by atoms with Crippen molar-refractivity contribution in [2.24, 2.45) is 7.05 Å². The molecule has 1 atom stereocenters. The van der Waals surface area contributed by atoms with E-state index in [1.807, 2.05) is 13.1 Å². The summed E-state index contributed by atoms with van der Waals surface area (Å²) in [5.74, 6) is -0.352. The smallest absolute Gasteiger partial charge is 0.314 e. The molecule has 1 aromatic rings. The van der Waals surface area contributed by atoms with Crippen LogP contribution in [-0.2, 0) is 16.6 Å². The van der Waals surface area contributed by atoms with Crippen molar-refractivity contribution in [2.45, 2.75) is 32.1 Å². The molecule has 1 heterocycles. The molecule has 0 aromatic carbocycles. The van der Waals surface area contributed by atoms with Crippen LogP contribution in [0.4, 0.5) is 0 Å². The summed E-state index contributed by atoms with van der Waals surface area (Å²) >= 11 is 0. The zero-order chi connectivity index (χ0) is 11.3. The topological polar surface area (TPSA) is 44.1 Å². The lowest BCUT2D eigenvalue weighted by Crippen LogP contribution is -2.17. The van der Waals surface area contributed by atoms with Gasteiger partial charge in [0.25, 0.3) is 0 Å². The first-order valence-electron chi connectivity index (χ1n) is 5.26. The van der Waals surface area contributed by atoms with Gasteiger partial charge in [-0.15, -0.1) is 0 Å². The molecular formula is C11H18N2O2. The Hall–Kier alpha value is -1.32. The minimum absolute atomic E-state index is 0.174. The first-order chi connectivity index (χ1) is 7.20. The average Bonchev–Trinajstić information content (AvgIpc) is 2.65. The van der Waals surface area contributed by atoms with E-state index in [0.29, 0.717) is 0 Å². The molecule has 15 heavy (non-hydrogen) atoms. The van der Waals surface area contributed by atoms with E-state index in [4.69, 9.17) is 4.74 Å². The number of hydrogen-bond donors (Lipinski definition) is 0. The van der Waals surface area contributed by atoms with E-state index in [9.17, 15) is 4.79 Å². The number of esters is 1. The number of methoxy groups -OCH3 is 1. The highest BCUT2D eigenvalue weighted by atomic mass is 16.5. The maximum Gasteiger partial charge on any atom is 0.314 e. The molecule has 0 aliphatic rings. The third-order valence-electron chi connectivity index (χ3n) is 2.55. The fourth-order valence-electron chi connectivity index (χ4n) is 1.66. The van der Waals surface area contributed by atoms with Gasteiger partial charge in [-0.05, 0) is 12.5 Å². The fourth-order valence-corrected chi connectivity index (χ4v) is 1.66. The van der Waals surface area contributed by atoms with Crippen LogP contribution in [0.1, 0.15) is 37.8 Å². The third-order valence-corrected chi connectivity index (χ3v) is 2.55. The molecule has 0 radical (unpaired) electrons. The molecule has 0 N–H and O–H groups in total. The molecule has 0 aliphatic carbocycles. The van der Waals surface area contributed by atoms with E-state index in [-0.39, 0.29) is 11.9 Å². The third kappa shape index (κ3) is 2.81. The zero-order valence-corrected chi connectivity index (χ0v) is 9.56. The molecular weight excluding hydrogens is 192 g/mol. The van der Waals surface area contributed by atoms with Crippen LogP contribution in [0.2, 0.25) is 0 Å². The number of nitrogens with zero attached hydrogens (tertiary/aromatic N) is 2. The van der Waals surface area contributed by atoms with Crippen LogP contribution in [0.15, 0.2) is 12.3 Å². The standard InChI is InChI=1S/C11H18N2O2/c1-4-5-6-9(11(14)15-3)10-7-8-12-13(10)2/h7-9H,4-6H2,1-3H3. The van der Waals surface area contributed by atoms with Crippen LogP contribution in [0.25, 0.3) is 0 Å². The maximum absolute atomic E-state index is 11.6. The van der Waals surface area contributed by atoms with E-state index >= 15 is 0 Å². The van der Waals surface area contributed by atoms with Crippen molar-refractivity contribution >= 4 is 5.97 Å². The molecule has 0 aliphatic heterocycles. The van der Waals surface area contributed by atoms with Gasteiger partial charge in [-0.25, -0.2) is 0 Å². The van der Waals surface area contributed by atoms with Gasteiger partial charge in [0.1, 0.15) is 0 Å². The van der Waals surface area contributed by atoms with Gasteiger partial charge < -0.3 is 4.74 Å². The maximum atomic E-state index is 11.6. The molecule has 1 rings (SSSR count). The van der Waals surface area contributed by atoms with E-state index < -0.39 is 0 Å². The lowest BCUT2D eigenvalue weighted by molar-refractivity contribution is -0.142. The number of aryl methyl sites for hydroxylation is 1. The van der Waals surface area contributed by atoms with Gasteiger partial charge in [0, 0.05) is 13.2 Å². The Morgan fingerprint density at radius 3 is 2.87 bits per heavy atom. The quantitative estimate of drug-likeness (QED) is 0.697. The Morgan fingerprint density at radius 2 is 2.40 bits per heavy atom.